The quantitative estimate of drug-likeness (QED) is 0.533. The zero-order valence-electron chi connectivity index (χ0n) is 10.9. The molecule has 5 nitrogen and oxygen atoms in total. The van der Waals surface area contributed by atoms with Crippen molar-refractivity contribution in [3.8, 4) is 0 Å². The van der Waals surface area contributed by atoms with Crippen LogP contribution in [-0.2, 0) is 0 Å². The van der Waals surface area contributed by atoms with E-state index in [-0.39, 0.29) is 10.6 Å². The van der Waals surface area contributed by atoms with Crippen molar-refractivity contribution in [2.24, 2.45) is 5.92 Å². The maximum Gasteiger partial charge on any atom is 0.271 e. The van der Waals surface area contributed by atoms with Crippen molar-refractivity contribution >= 4 is 39.0 Å². The average Bonchev–Trinajstić information content (AvgIpc) is 2.88. The van der Waals surface area contributed by atoms with Gasteiger partial charge in [0.1, 0.15) is 0 Å². The predicted molar refractivity (Wildman–Crippen MR) is 82.6 cm³/mol. The second-order valence-corrected chi connectivity index (χ2v) is 7.19. The molecule has 1 aliphatic heterocycles. The Balaban J connectivity index is 1.70. The molecule has 0 unspecified atom stereocenters. The number of piperidine rings is 1. The van der Waals surface area contributed by atoms with E-state index in [0.717, 1.165) is 39.3 Å². The first-order valence-corrected chi connectivity index (χ1v) is 8.41. The van der Waals surface area contributed by atoms with E-state index in [9.17, 15) is 10.1 Å². The van der Waals surface area contributed by atoms with Gasteiger partial charge in [-0.15, -0.1) is 11.3 Å². The third-order valence-electron chi connectivity index (χ3n) is 3.46. The van der Waals surface area contributed by atoms with Crippen molar-refractivity contribution in [3.63, 3.8) is 0 Å². The van der Waals surface area contributed by atoms with Gasteiger partial charge in [0.05, 0.1) is 15.1 Å². The largest absolute Gasteiger partial charge is 0.317 e. The van der Waals surface area contributed by atoms with Crippen LogP contribution in [0, 0.1) is 16.0 Å². The lowest BCUT2D eigenvalue weighted by Gasteiger charge is -2.21. The zero-order chi connectivity index (χ0) is 13.9. The summed E-state index contributed by atoms with van der Waals surface area (Å²) in [4.78, 5) is 14.9. The number of aromatic nitrogens is 1. The molecule has 1 fully saturated rings. The number of fused-ring (bicyclic) bond motifs is 1. The number of nitrogens with zero attached hydrogens (tertiary/aromatic N) is 2. The first-order valence-electron chi connectivity index (χ1n) is 6.61. The molecule has 2 heterocycles. The van der Waals surface area contributed by atoms with Crippen LogP contribution >= 0.6 is 23.1 Å². The van der Waals surface area contributed by atoms with Crippen LogP contribution in [0.15, 0.2) is 22.5 Å². The number of hydrogen-bond donors (Lipinski definition) is 1. The number of thiazole rings is 1. The normalized spacial score (nSPS) is 16.6. The summed E-state index contributed by atoms with van der Waals surface area (Å²) in [5.41, 5.74) is 0.842. The maximum absolute atomic E-state index is 10.8. The molecule has 0 radical (unpaired) electrons. The minimum absolute atomic E-state index is 0.109. The molecule has 0 atom stereocenters. The fraction of sp³-hybridized carbons (Fsp3) is 0.462. The number of thioether (sulfide) groups is 1. The van der Waals surface area contributed by atoms with Gasteiger partial charge in [-0.05, 0) is 37.9 Å². The summed E-state index contributed by atoms with van der Waals surface area (Å²) < 4.78 is 2.03. The van der Waals surface area contributed by atoms with E-state index in [2.05, 4.69) is 10.3 Å². The SMILES string of the molecule is O=[N+]([O-])c1ccc2sc(SCC3CCNCC3)nc2c1. The van der Waals surface area contributed by atoms with Crippen LogP contribution < -0.4 is 5.32 Å². The van der Waals surface area contributed by atoms with E-state index in [1.807, 2.05) is 0 Å². The molecule has 2 aromatic rings. The maximum atomic E-state index is 10.8. The van der Waals surface area contributed by atoms with Gasteiger partial charge in [0, 0.05) is 17.9 Å². The Morgan fingerprint density at radius 1 is 1.45 bits per heavy atom. The second-order valence-electron chi connectivity index (χ2n) is 4.89. The molecule has 0 spiro atoms. The first kappa shape index (κ1) is 13.8. The summed E-state index contributed by atoms with van der Waals surface area (Å²) in [7, 11) is 0. The fourth-order valence-corrected chi connectivity index (χ4v) is 4.57. The van der Waals surface area contributed by atoms with Crippen LogP contribution in [0.25, 0.3) is 10.2 Å². The summed E-state index contributed by atoms with van der Waals surface area (Å²) >= 11 is 3.40. The van der Waals surface area contributed by atoms with Crippen LogP contribution in [0.4, 0.5) is 5.69 Å². The van der Waals surface area contributed by atoms with Gasteiger partial charge in [-0.3, -0.25) is 10.1 Å². The van der Waals surface area contributed by atoms with Crippen LogP contribution in [0.3, 0.4) is 0 Å². The van der Waals surface area contributed by atoms with Gasteiger partial charge in [-0.25, -0.2) is 4.98 Å². The summed E-state index contributed by atoms with van der Waals surface area (Å²) in [5.74, 6) is 1.84. The van der Waals surface area contributed by atoms with Gasteiger partial charge in [-0.1, -0.05) is 11.8 Å². The Kier molecular flexibility index (Phi) is 4.18. The van der Waals surface area contributed by atoms with E-state index >= 15 is 0 Å². The van der Waals surface area contributed by atoms with Crippen LogP contribution in [0.2, 0.25) is 0 Å². The van der Waals surface area contributed by atoms with E-state index in [4.69, 9.17) is 0 Å². The van der Waals surface area contributed by atoms with Crippen molar-refractivity contribution in [2.45, 2.75) is 17.2 Å². The number of nitro benzene ring substituents is 1. The highest BCUT2D eigenvalue weighted by atomic mass is 32.2. The van der Waals surface area contributed by atoms with Gasteiger partial charge in [0.25, 0.3) is 5.69 Å². The summed E-state index contributed by atoms with van der Waals surface area (Å²) in [6.07, 6.45) is 2.45. The molecule has 1 aromatic carbocycles. The monoisotopic (exact) mass is 309 g/mol. The average molecular weight is 309 g/mol. The molecule has 106 valence electrons. The minimum atomic E-state index is -0.374. The van der Waals surface area contributed by atoms with E-state index in [1.165, 1.54) is 12.8 Å². The topological polar surface area (TPSA) is 68.1 Å². The molecule has 20 heavy (non-hydrogen) atoms. The predicted octanol–water partition coefficient (Wildman–Crippen LogP) is 3.30. The van der Waals surface area contributed by atoms with Crippen molar-refractivity contribution in [2.75, 3.05) is 18.8 Å². The van der Waals surface area contributed by atoms with Crippen LogP contribution in [-0.4, -0.2) is 28.7 Å². The third-order valence-corrected chi connectivity index (χ3v) is 5.87. The molecule has 7 heteroatoms. The Morgan fingerprint density at radius 2 is 2.25 bits per heavy atom. The third kappa shape index (κ3) is 3.11. The van der Waals surface area contributed by atoms with Gasteiger partial charge in [0.15, 0.2) is 4.34 Å². The summed E-state index contributed by atoms with van der Waals surface area (Å²) in [6.45, 7) is 2.22. The van der Waals surface area contributed by atoms with E-state index < -0.39 is 0 Å². The lowest BCUT2D eigenvalue weighted by molar-refractivity contribution is -0.384. The standard InChI is InChI=1S/C13H15N3O2S2/c17-16(18)10-1-2-12-11(7-10)15-13(20-12)19-8-9-3-5-14-6-4-9/h1-2,7,9,14H,3-6,8H2. The fourth-order valence-electron chi connectivity index (χ4n) is 2.31. The number of nitro groups is 1. The number of non-ortho nitro benzene ring substituents is 1. The molecule has 1 N–H and O–H groups in total. The molecular weight excluding hydrogens is 294 g/mol. The van der Waals surface area contributed by atoms with Crippen molar-refractivity contribution < 1.29 is 4.92 Å². The Hall–Kier alpha value is -1.18. The molecule has 0 bridgehead atoms. The molecule has 1 saturated heterocycles. The highest BCUT2D eigenvalue weighted by Crippen LogP contribution is 2.33. The highest BCUT2D eigenvalue weighted by Gasteiger charge is 2.15. The van der Waals surface area contributed by atoms with Gasteiger partial charge in [0.2, 0.25) is 0 Å². The second kappa shape index (κ2) is 6.07. The Bertz CT molecular complexity index is 623. The summed E-state index contributed by atoms with van der Waals surface area (Å²) in [6, 6.07) is 4.89. The van der Waals surface area contributed by atoms with Crippen LogP contribution in [0.5, 0.6) is 0 Å². The molecule has 3 rings (SSSR count). The van der Waals surface area contributed by atoms with Crippen molar-refractivity contribution in [3.05, 3.63) is 28.3 Å². The van der Waals surface area contributed by atoms with Gasteiger partial charge in [-0.2, -0.15) is 0 Å². The van der Waals surface area contributed by atoms with E-state index in [1.54, 1.807) is 41.3 Å². The Labute approximate surface area is 124 Å². The lowest BCUT2D eigenvalue weighted by atomic mass is 10.0. The minimum Gasteiger partial charge on any atom is -0.317 e. The molecule has 0 aliphatic carbocycles. The van der Waals surface area contributed by atoms with Gasteiger partial charge < -0.3 is 5.32 Å². The zero-order valence-corrected chi connectivity index (χ0v) is 12.5. The number of rotatable bonds is 4. The molecular formula is C13H15N3O2S2. The molecule has 0 amide bonds. The Morgan fingerprint density at radius 3 is 3.00 bits per heavy atom. The van der Waals surface area contributed by atoms with E-state index in [0.29, 0.717) is 0 Å². The number of hydrogen-bond acceptors (Lipinski definition) is 6. The molecule has 1 aliphatic rings. The van der Waals surface area contributed by atoms with Crippen molar-refractivity contribution in [1.82, 2.24) is 10.3 Å². The number of benzene rings is 1. The lowest BCUT2D eigenvalue weighted by Crippen LogP contribution is -2.28. The highest BCUT2D eigenvalue weighted by molar-refractivity contribution is 8.01. The molecule has 1 aromatic heterocycles. The molecule has 0 saturated carbocycles. The van der Waals surface area contributed by atoms with Crippen molar-refractivity contribution in [1.29, 1.82) is 0 Å². The smallest absolute Gasteiger partial charge is 0.271 e. The first-order chi connectivity index (χ1) is 9.72. The van der Waals surface area contributed by atoms with Gasteiger partial charge >= 0.3 is 0 Å². The van der Waals surface area contributed by atoms with Crippen LogP contribution in [0.1, 0.15) is 12.8 Å². The number of nitrogens with one attached hydrogen (secondary N) is 1. The summed E-state index contributed by atoms with van der Waals surface area (Å²) in [5, 5.41) is 14.1.